The van der Waals surface area contributed by atoms with Gasteiger partial charge in [-0.05, 0) is 48.9 Å². The van der Waals surface area contributed by atoms with Crippen LogP contribution in [0.3, 0.4) is 0 Å². The smallest absolute Gasteiger partial charge is 0.183 e. The van der Waals surface area contributed by atoms with Crippen LogP contribution in [0.1, 0.15) is 95.8 Å². The molecule has 192 valence electrons. The van der Waals surface area contributed by atoms with Gasteiger partial charge in [0.05, 0.1) is 19.8 Å². The van der Waals surface area contributed by atoms with Gasteiger partial charge in [0, 0.05) is 11.5 Å². The second kappa shape index (κ2) is 16.5. The van der Waals surface area contributed by atoms with Crippen LogP contribution in [0.2, 0.25) is 0 Å². The Kier molecular flexibility index (Phi) is 13.0. The monoisotopic (exact) mass is 478 g/mol. The van der Waals surface area contributed by atoms with Crippen LogP contribution in [0.4, 0.5) is 0 Å². The minimum absolute atomic E-state index is 0.238. The third-order valence-corrected chi connectivity index (χ3v) is 6.87. The number of allylic oxidation sites excluding steroid dienone is 1. The lowest BCUT2D eigenvalue weighted by molar-refractivity contribution is -0.206. The topological polar surface area (TPSA) is 27.7 Å². The van der Waals surface area contributed by atoms with E-state index in [1.807, 2.05) is 6.08 Å². The van der Waals surface area contributed by atoms with Crippen molar-refractivity contribution >= 4 is 0 Å². The summed E-state index contributed by atoms with van der Waals surface area (Å²) in [5.41, 5.74) is 3.49. The molecule has 3 heteroatoms. The molecular formula is C32H46O3. The standard InChI is InChI=1S/C32H46O3/c1-3-5-7-9-10-12-14-24-33-31-22-20-29(21-23-31)28-16-18-30(19-17-28)32-34-25-27(26-35-32)15-13-11-8-6-4-2/h3,16-23,27,32H,1,4-15,24-26H2,2H3. The van der Waals surface area contributed by atoms with Gasteiger partial charge in [0.15, 0.2) is 6.29 Å². The van der Waals surface area contributed by atoms with Gasteiger partial charge in [0.1, 0.15) is 5.75 Å². The molecule has 0 aliphatic carbocycles. The lowest BCUT2D eigenvalue weighted by atomic mass is 10.0. The van der Waals surface area contributed by atoms with Crippen LogP contribution in [0.15, 0.2) is 61.2 Å². The van der Waals surface area contributed by atoms with E-state index in [-0.39, 0.29) is 6.29 Å². The van der Waals surface area contributed by atoms with E-state index in [1.54, 1.807) is 0 Å². The summed E-state index contributed by atoms with van der Waals surface area (Å²) in [6.45, 7) is 8.43. The third kappa shape index (κ3) is 10.2. The Bertz CT molecular complexity index is 804. The predicted molar refractivity (Wildman–Crippen MR) is 147 cm³/mol. The molecule has 2 aromatic rings. The average Bonchev–Trinajstić information content (AvgIpc) is 2.91. The molecule has 0 atom stereocenters. The number of benzene rings is 2. The van der Waals surface area contributed by atoms with Crippen molar-refractivity contribution in [3.63, 3.8) is 0 Å². The first-order valence-electron chi connectivity index (χ1n) is 14.0. The predicted octanol–water partition coefficient (Wildman–Crippen LogP) is 9.28. The zero-order chi connectivity index (χ0) is 24.6. The first-order chi connectivity index (χ1) is 17.3. The van der Waals surface area contributed by atoms with Gasteiger partial charge in [-0.3, -0.25) is 0 Å². The van der Waals surface area contributed by atoms with Crippen LogP contribution in [0, 0.1) is 5.92 Å². The number of ether oxygens (including phenoxy) is 3. The number of hydrogen-bond donors (Lipinski definition) is 0. The summed E-state index contributed by atoms with van der Waals surface area (Å²) >= 11 is 0. The molecule has 3 nitrogen and oxygen atoms in total. The van der Waals surface area contributed by atoms with E-state index in [4.69, 9.17) is 14.2 Å². The lowest BCUT2D eigenvalue weighted by Crippen LogP contribution is -2.27. The number of unbranched alkanes of at least 4 members (excludes halogenated alkanes) is 9. The van der Waals surface area contributed by atoms with Crippen molar-refractivity contribution in [3.05, 3.63) is 66.7 Å². The fraction of sp³-hybridized carbons (Fsp3) is 0.562. The summed E-state index contributed by atoms with van der Waals surface area (Å²) in [4.78, 5) is 0. The second-order valence-corrected chi connectivity index (χ2v) is 9.91. The minimum Gasteiger partial charge on any atom is -0.494 e. The molecule has 35 heavy (non-hydrogen) atoms. The normalized spacial score (nSPS) is 17.9. The van der Waals surface area contributed by atoms with Gasteiger partial charge in [-0.15, -0.1) is 6.58 Å². The Labute approximate surface area is 213 Å². The molecule has 1 fully saturated rings. The number of hydrogen-bond acceptors (Lipinski definition) is 3. The Morgan fingerprint density at radius 2 is 1.37 bits per heavy atom. The van der Waals surface area contributed by atoms with Crippen molar-refractivity contribution in [1.82, 2.24) is 0 Å². The summed E-state index contributed by atoms with van der Waals surface area (Å²) in [6, 6.07) is 17.0. The SMILES string of the molecule is C=CCCCCCCCOc1ccc(-c2ccc(C3OCC(CCCCCCC)CO3)cc2)cc1. The van der Waals surface area contributed by atoms with Gasteiger partial charge in [-0.1, -0.05) is 101 Å². The molecule has 0 radical (unpaired) electrons. The van der Waals surface area contributed by atoms with Gasteiger partial charge in [0.25, 0.3) is 0 Å². The molecule has 0 aromatic heterocycles. The van der Waals surface area contributed by atoms with Gasteiger partial charge in [-0.2, -0.15) is 0 Å². The van der Waals surface area contributed by atoms with E-state index in [1.165, 1.54) is 75.3 Å². The van der Waals surface area contributed by atoms with Crippen molar-refractivity contribution in [2.45, 2.75) is 90.3 Å². The third-order valence-electron chi connectivity index (χ3n) is 6.87. The highest BCUT2D eigenvalue weighted by Crippen LogP contribution is 2.30. The molecule has 2 aromatic carbocycles. The minimum atomic E-state index is -0.238. The average molecular weight is 479 g/mol. The van der Waals surface area contributed by atoms with Crippen LogP contribution in [0.25, 0.3) is 11.1 Å². The molecule has 0 unspecified atom stereocenters. The molecule has 0 N–H and O–H groups in total. The highest BCUT2D eigenvalue weighted by atomic mass is 16.7. The second-order valence-electron chi connectivity index (χ2n) is 9.91. The zero-order valence-electron chi connectivity index (χ0n) is 21.9. The van der Waals surface area contributed by atoms with Crippen LogP contribution >= 0.6 is 0 Å². The zero-order valence-corrected chi connectivity index (χ0v) is 21.9. The van der Waals surface area contributed by atoms with Crippen molar-refractivity contribution < 1.29 is 14.2 Å². The Balaban J connectivity index is 1.35. The van der Waals surface area contributed by atoms with Crippen molar-refractivity contribution in [2.75, 3.05) is 19.8 Å². The van der Waals surface area contributed by atoms with Crippen LogP contribution in [-0.4, -0.2) is 19.8 Å². The highest BCUT2D eigenvalue weighted by Gasteiger charge is 2.23. The van der Waals surface area contributed by atoms with E-state index in [0.717, 1.165) is 44.0 Å². The maximum absolute atomic E-state index is 6.05. The largest absolute Gasteiger partial charge is 0.494 e. The van der Waals surface area contributed by atoms with E-state index in [9.17, 15) is 0 Å². The van der Waals surface area contributed by atoms with Gasteiger partial charge < -0.3 is 14.2 Å². The van der Waals surface area contributed by atoms with Gasteiger partial charge in [-0.25, -0.2) is 0 Å². The van der Waals surface area contributed by atoms with Gasteiger partial charge >= 0.3 is 0 Å². The van der Waals surface area contributed by atoms with Crippen LogP contribution in [0.5, 0.6) is 5.75 Å². The maximum Gasteiger partial charge on any atom is 0.183 e. The summed E-state index contributed by atoms with van der Waals surface area (Å²) in [5, 5.41) is 0. The number of rotatable bonds is 17. The Morgan fingerprint density at radius 3 is 2.06 bits per heavy atom. The van der Waals surface area contributed by atoms with Gasteiger partial charge in [0.2, 0.25) is 0 Å². The van der Waals surface area contributed by atoms with Crippen molar-refractivity contribution in [1.29, 1.82) is 0 Å². The lowest BCUT2D eigenvalue weighted by Gasteiger charge is -2.29. The summed E-state index contributed by atoms with van der Waals surface area (Å²) in [6.07, 6.45) is 16.9. The van der Waals surface area contributed by atoms with E-state index < -0.39 is 0 Å². The summed E-state index contributed by atoms with van der Waals surface area (Å²) < 4.78 is 18.0. The van der Waals surface area contributed by atoms with Crippen molar-refractivity contribution in [3.8, 4) is 16.9 Å². The summed E-state index contributed by atoms with van der Waals surface area (Å²) in [7, 11) is 0. The van der Waals surface area contributed by atoms with E-state index in [2.05, 4.69) is 62.0 Å². The molecule has 3 rings (SSSR count). The first kappa shape index (κ1) is 27.5. The van der Waals surface area contributed by atoms with E-state index in [0.29, 0.717) is 5.92 Å². The quantitative estimate of drug-likeness (QED) is 0.167. The Morgan fingerprint density at radius 1 is 0.771 bits per heavy atom. The molecule has 0 amide bonds. The molecule has 1 heterocycles. The van der Waals surface area contributed by atoms with E-state index >= 15 is 0 Å². The maximum atomic E-state index is 6.05. The fourth-order valence-corrected chi connectivity index (χ4v) is 4.63. The Hall–Kier alpha value is -2.10. The van der Waals surface area contributed by atoms with Crippen LogP contribution in [-0.2, 0) is 9.47 Å². The summed E-state index contributed by atoms with van der Waals surface area (Å²) in [5.74, 6) is 1.48. The molecule has 1 saturated heterocycles. The van der Waals surface area contributed by atoms with Crippen molar-refractivity contribution in [2.24, 2.45) is 5.92 Å². The molecule has 0 spiro atoms. The highest BCUT2D eigenvalue weighted by molar-refractivity contribution is 5.64. The molecule has 1 aliphatic heterocycles. The molecule has 0 saturated carbocycles. The molecular weight excluding hydrogens is 432 g/mol. The first-order valence-corrected chi connectivity index (χ1v) is 14.0. The van der Waals surface area contributed by atoms with Crippen LogP contribution < -0.4 is 4.74 Å². The fourth-order valence-electron chi connectivity index (χ4n) is 4.63. The molecule has 0 bridgehead atoms. The molecule has 1 aliphatic rings.